The van der Waals surface area contributed by atoms with Crippen LogP contribution in [0.15, 0.2) is 48.5 Å². The molecule has 2 aromatic carbocycles. The topological polar surface area (TPSA) is 68.2 Å². The molecule has 2 unspecified atom stereocenters. The quantitative estimate of drug-likeness (QED) is 0.734. The molecule has 0 bridgehead atoms. The molecule has 5 nitrogen and oxygen atoms in total. The van der Waals surface area contributed by atoms with E-state index in [1.807, 2.05) is 0 Å². The number of ether oxygens (including phenoxy) is 2. The van der Waals surface area contributed by atoms with E-state index in [1.54, 1.807) is 48.5 Å². The monoisotopic (exact) mass is 390 g/mol. The SMILES string of the molecule is COc1ccc(P(O)(=S)OP(O)(=S)c2ccc(OC)cc2)cc1. The van der Waals surface area contributed by atoms with E-state index in [9.17, 15) is 9.79 Å². The number of hydrogen-bond acceptors (Lipinski definition) is 5. The van der Waals surface area contributed by atoms with Crippen molar-refractivity contribution in [1.29, 1.82) is 0 Å². The molecule has 0 spiro atoms. The summed E-state index contributed by atoms with van der Waals surface area (Å²) < 4.78 is 15.5. The van der Waals surface area contributed by atoms with E-state index < -0.39 is 13.0 Å². The zero-order valence-electron chi connectivity index (χ0n) is 12.4. The highest BCUT2D eigenvalue weighted by atomic mass is 32.5. The smallest absolute Gasteiger partial charge is 0.222 e. The van der Waals surface area contributed by atoms with Crippen LogP contribution in [0.2, 0.25) is 0 Å². The Labute approximate surface area is 145 Å². The van der Waals surface area contributed by atoms with Crippen molar-refractivity contribution >= 4 is 47.2 Å². The molecule has 2 aromatic rings. The predicted octanol–water partition coefficient (Wildman–Crippen LogP) is 2.27. The fraction of sp³-hybridized carbons (Fsp3) is 0.143. The van der Waals surface area contributed by atoms with Crippen molar-refractivity contribution in [2.75, 3.05) is 14.2 Å². The van der Waals surface area contributed by atoms with Crippen LogP contribution in [-0.4, -0.2) is 24.0 Å². The summed E-state index contributed by atoms with van der Waals surface area (Å²) in [6.45, 7) is -6.88. The summed E-state index contributed by atoms with van der Waals surface area (Å²) in [6.07, 6.45) is 0. The van der Waals surface area contributed by atoms with Gasteiger partial charge < -0.3 is 19.3 Å². The molecule has 0 aliphatic carbocycles. The summed E-state index contributed by atoms with van der Waals surface area (Å²) in [5.41, 5.74) is 0. The Balaban J connectivity index is 2.25. The van der Waals surface area contributed by atoms with Gasteiger partial charge in [0.2, 0.25) is 13.0 Å². The molecule has 9 heteroatoms. The number of hydrogen-bond donors (Lipinski definition) is 2. The zero-order chi connectivity index (χ0) is 17.1. The Morgan fingerprint density at radius 3 is 1.26 bits per heavy atom. The van der Waals surface area contributed by atoms with E-state index in [0.29, 0.717) is 22.1 Å². The summed E-state index contributed by atoms with van der Waals surface area (Å²) in [6, 6.07) is 13.0. The maximum Gasteiger partial charge on any atom is 0.222 e. The molecule has 23 heavy (non-hydrogen) atoms. The highest BCUT2D eigenvalue weighted by molar-refractivity contribution is 8.20. The van der Waals surface area contributed by atoms with E-state index in [1.165, 1.54) is 14.2 Å². The highest BCUT2D eigenvalue weighted by Crippen LogP contribution is 2.58. The van der Waals surface area contributed by atoms with Gasteiger partial charge in [0.05, 0.1) is 14.2 Å². The summed E-state index contributed by atoms with van der Waals surface area (Å²) in [4.78, 5) is 21.0. The second-order valence-corrected chi connectivity index (χ2v) is 11.3. The van der Waals surface area contributed by atoms with Crippen molar-refractivity contribution < 1.29 is 23.6 Å². The zero-order valence-corrected chi connectivity index (χ0v) is 15.9. The fourth-order valence-electron chi connectivity index (χ4n) is 1.79. The summed E-state index contributed by atoms with van der Waals surface area (Å²) in [5, 5.41) is 0.787. The minimum atomic E-state index is -3.44. The second-order valence-electron chi connectivity index (χ2n) is 4.52. The van der Waals surface area contributed by atoms with Crippen LogP contribution in [-0.2, 0) is 27.9 Å². The molecule has 0 aliphatic heterocycles. The van der Waals surface area contributed by atoms with Crippen LogP contribution >= 0.6 is 13.0 Å². The van der Waals surface area contributed by atoms with Crippen LogP contribution in [0.3, 0.4) is 0 Å². The molecule has 0 aromatic heterocycles. The number of benzene rings is 2. The third-order valence-electron chi connectivity index (χ3n) is 3.02. The van der Waals surface area contributed by atoms with Crippen LogP contribution in [0.5, 0.6) is 11.5 Å². The normalized spacial score (nSPS) is 16.2. The fourth-order valence-corrected chi connectivity index (χ4v) is 7.64. The number of rotatable bonds is 6. The second kappa shape index (κ2) is 7.41. The lowest BCUT2D eigenvalue weighted by atomic mass is 10.3. The lowest BCUT2D eigenvalue weighted by Crippen LogP contribution is -2.11. The Morgan fingerprint density at radius 1 is 0.696 bits per heavy atom. The maximum atomic E-state index is 10.5. The third kappa shape index (κ3) is 4.61. The molecule has 0 amide bonds. The first kappa shape index (κ1) is 18.6. The lowest BCUT2D eigenvalue weighted by molar-refractivity contribution is 0.415. The van der Waals surface area contributed by atoms with Gasteiger partial charge in [0.1, 0.15) is 11.5 Å². The Hall–Kier alpha value is -0.780. The number of methoxy groups -OCH3 is 2. The Kier molecular flexibility index (Phi) is 5.98. The average Bonchev–Trinajstić information content (AvgIpc) is 2.54. The first-order valence-corrected chi connectivity index (χ1v) is 11.8. The van der Waals surface area contributed by atoms with Crippen LogP contribution in [0.4, 0.5) is 0 Å². The molecule has 2 atom stereocenters. The van der Waals surface area contributed by atoms with Crippen molar-refractivity contribution in [2.45, 2.75) is 0 Å². The van der Waals surface area contributed by atoms with Crippen LogP contribution in [0.25, 0.3) is 0 Å². The van der Waals surface area contributed by atoms with Gasteiger partial charge in [-0.25, -0.2) is 0 Å². The average molecular weight is 390 g/mol. The van der Waals surface area contributed by atoms with Crippen molar-refractivity contribution in [3.8, 4) is 11.5 Å². The molecule has 0 saturated carbocycles. The molecule has 2 N–H and O–H groups in total. The van der Waals surface area contributed by atoms with Gasteiger partial charge in [0.25, 0.3) is 0 Å². The molecule has 0 radical (unpaired) electrons. The van der Waals surface area contributed by atoms with Gasteiger partial charge in [-0.2, -0.15) is 0 Å². The Bertz CT molecular complexity index is 696. The largest absolute Gasteiger partial charge is 0.497 e. The van der Waals surface area contributed by atoms with Crippen molar-refractivity contribution in [1.82, 2.24) is 0 Å². The maximum absolute atomic E-state index is 10.5. The van der Waals surface area contributed by atoms with Gasteiger partial charge in [-0.05, 0) is 72.1 Å². The van der Waals surface area contributed by atoms with Crippen LogP contribution in [0, 0.1) is 0 Å². The first-order valence-electron chi connectivity index (χ1n) is 6.44. The Morgan fingerprint density at radius 2 is 1.00 bits per heavy atom. The van der Waals surface area contributed by atoms with Crippen LogP contribution < -0.4 is 20.1 Å². The molecule has 0 heterocycles. The molecular formula is C14H16O5P2S2. The van der Waals surface area contributed by atoms with Gasteiger partial charge in [-0.3, -0.25) is 4.31 Å². The molecule has 2 rings (SSSR count). The molecule has 0 fully saturated rings. The van der Waals surface area contributed by atoms with E-state index in [0.717, 1.165) is 0 Å². The van der Waals surface area contributed by atoms with E-state index in [4.69, 9.17) is 37.4 Å². The van der Waals surface area contributed by atoms with E-state index in [-0.39, 0.29) is 0 Å². The molecule has 0 aliphatic rings. The van der Waals surface area contributed by atoms with Gasteiger partial charge in [0.15, 0.2) is 0 Å². The lowest BCUT2D eigenvalue weighted by Gasteiger charge is -2.23. The van der Waals surface area contributed by atoms with Gasteiger partial charge in [-0.15, -0.1) is 0 Å². The van der Waals surface area contributed by atoms with Crippen molar-refractivity contribution in [2.24, 2.45) is 0 Å². The first-order chi connectivity index (χ1) is 10.8. The standard InChI is InChI=1S/C14H16O5P2S2/c1-17-11-3-7-13(8-4-11)20(15,22)19-21(16,23)14-9-5-12(18-2)6-10-14/h3-10H,1-2H3,(H,15,22)(H,16,23). The van der Waals surface area contributed by atoms with E-state index >= 15 is 0 Å². The molecule has 0 saturated heterocycles. The molecular weight excluding hydrogens is 374 g/mol. The highest BCUT2D eigenvalue weighted by Gasteiger charge is 2.28. The summed E-state index contributed by atoms with van der Waals surface area (Å²) >= 11 is 10.3. The van der Waals surface area contributed by atoms with Crippen molar-refractivity contribution in [3.63, 3.8) is 0 Å². The molecule has 124 valence electrons. The summed E-state index contributed by atoms with van der Waals surface area (Å²) in [7, 11) is 3.08. The van der Waals surface area contributed by atoms with Gasteiger partial charge in [0, 0.05) is 10.6 Å². The summed E-state index contributed by atoms with van der Waals surface area (Å²) in [5.74, 6) is 1.25. The minimum Gasteiger partial charge on any atom is -0.497 e. The van der Waals surface area contributed by atoms with Gasteiger partial charge >= 0.3 is 0 Å². The third-order valence-corrected chi connectivity index (χ3v) is 9.16. The van der Waals surface area contributed by atoms with Crippen molar-refractivity contribution in [3.05, 3.63) is 48.5 Å². The minimum absolute atomic E-state index is 0.394. The van der Waals surface area contributed by atoms with Crippen LogP contribution in [0.1, 0.15) is 0 Å². The predicted molar refractivity (Wildman–Crippen MR) is 99.3 cm³/mol. The van der Waals surface area contributed by atoms with Gasteiger partial charge in [-0.1, -0.05) is 0 Å². The van der Waals surface area contributed by atoms with E-state index in [2.05, 4.69) is 0 Å².